The molecule has 1 aliphatic heterocycles. The van der Waals surface area contributed by atoms with E-state index in [1.54, 1.807) is 0 Å². The summed E-state index contributed by atoms with van der Waals surface area (Å²) in [6.45, 7) is 6.77. The summed E-state index contributed by atoms with van der Waals surface area (Å²) in [5, 5.41) is 0. The quantitative estimate of drug-likeness (QED) is 0.739. The van der Waals surface area contributed by atoms with Gasteiger partial charge < -0.3 is 4.90 Å². The second kappa shape index (κ2) is 3.93. The molecule has 0 bridgehead atoms. The first-order valence-corrected chi connectivity index (χ1v) is 5.99. The van der Waals surface area contributed by atoms with E-state index in [0.717, 1.165) is 0 Å². The normalized spacial score (nSPS) is 16.4. The van der Waals surface area contributed by atoms with Crippen LogP contribution in [-0.2, 0) is 0 Å². The molecule has 1 aromatic rings. The van der Waals surface area contributed by atoms with E-state index in [0.29, 0.717) is 0 Å². The molecular formula is C12H16BrN. The molecule has 0 aliphatic carbocycles. The van der Waals surface area contributed by atoms with Crippen molar-refractivity contribution in [3.05, 3.63) is 27.7 Å². The number of anilines is 1. The average Bonchev–Trinajstić information content (AvgIpc) is 2.66. The molecule has 1 fully saturated rings. The molecule has 1 aromatic carbocycles. The molecule has 1 nitrogen and oxygen atoms in total. The zero-order chi connectivity index (χ0) is 10.1. The van der Waals surface area contributed by atoms with Crippen molar-refractivity contribution in [2.24, 2.45) is 0 Å². The first-order valence-electron chi connectivity index (χ1n) is 5.20. The lowest BCUT2D eigenvalue weighted by atomic mass is 10.1. The fraction of sp³-hybridized carbons (Fsp3) is 0.500. The minimum atomic E-state index is 1.22. The number of aryl methyl sites for hydroxylation is 2. The molecule has 0 saturated carbocycles. The Morgan fingerprint density at radius 2 is 1.57 bits per heavy atom. The summed E-state index contributed by atoms with van der Waals surface area (Å²) < 4.78 is 1.25. The van der Waals surface area contributed by atoms with Crippen molar-refractivity contribution in [1.29, 1.82) is 0 Å². The van der Waals surface area contributed by atoms with Crippen LogP contribution in [0.4, 0.5) is 5.69 Å². The lowest BCUT2D eigenvalue weighted by Crippen LogP contribution is -2.17. The second-order valence-corrected chi connectivity index (χ2v) is 4.88. The van der Waals surface area contributed by atoms with Gasteiger partial charge in [-0.25, -0.2) is 0 Å². The summed E-state index contributed by atoms with van der Waals surface area (Å²) in [6, 6.07) is 4.56. The Balaban J connectivity index is 2.34. The van der Waals surface area contributed by atoms with Gasteiger partial charge in [-0.1, -0.05) is 15.9 Å². The van der Waals surface area contributed by atoms with E-state index in [1.165, 1.54) is 47.2 Å². The van der Waals surface area contributed by atoms with Gasteiger partial charge in [0.05, 0.1) is 0 Å². The highest BCUT2D eigenvalue weighted by atomic mass is 79.9. The third kappa shape index (κ3) is 1.81. The first-order chi connectivity index (χ1) is 6.68. The Kier molecular flexibility index (Phi) is 2.82. The zero-order valence-corrected chi connectivity index (χ0v) is 10.4. The SMILES string of the molecule is Cc1cc(N2CCCC2)cc(C)c1Br. The van der Waals surface area contributed by atoms with Gasteiger partial charge in [-0.15, -0.1) is 0 Å². The zero-order valence-electron chi connectivity index (χ0n) is 8.81. The Hall–Kier alpha value is -0.500. The van der Waals surface area contributed by atoms with Crippen LogP contribution >= 0.6 is 15.9 Å². The van der Waals surface area contributed by atoms with Crippen molar-refractivity contribution in [1.82, 2.24) is 0 Å². The van der Waals surface area contributed by atoms with Crippen molar-refractivity contribution in [3.8, 4) is 0 Å². The molecule has 0 unspecified atom stereocenters. The third-order valence-electron chi connectivity index (χ3n) is 2.89. The summed E-state index contributed by atoms with van der Waals surface area (Å²) in [7, 11) is 0. The van der Waals surface area contributed by atoms with E-state index in [4.69, 9.17) is 0 Å². The predicted molar refractivity (Wildman–Crippen MR) is 65.1 cm³/mol. The van der Waals surface area contributed by atoms with Gasteiger partial charge in [0, 0.05) is 23.2 Å². The van der Waals surface area contributed by atoms with E-state index in [2.05, 4.69) is 46.8 Å². The molecule has 2 heteroatoms. The van der Waals surface area contributed by atoms with Crippen LogP contribution in [0, 0.1) is 13.8 Å². The maximum Gasteiger partial charge on any atom is 0.0372 e. The maximum absolute atomic E-state index is 3.60. The summed E-state index contributed by atoms with van der Waals surface area (Å²) >= 11 is 3.60. The van der Waals surface area contributed by atoms with Crippen LogP contribution in [0.25, 0.3) is 0 Å². The lowest BCUT2D eigenvalue weighted by molar-refractivity contribution is 0.949. The maximum atomic E-state index is 3.60. The van der Waals surface area contributed by atoms with Gasteiger partial charge in [0.15, 0.2) is 0 Å². The third-order valence-corrected chi connectivity index (χ3v) is 4.14. The van der Waals surface area contributed by atoms with Crippen LogP contribution in [0.5, 0.6) is 0 Å². The second-order valence-electron chi connectivity index (χ2n) is 4.09. The molecule has 76 valence electrons. The number of rotatable bonds is 1. The molecular weight excluding hydrogens is 238 g/mol. The van der Waals surface area contributed by atoms with E-state index < -0.39 is 0 Å². The highest BCUT2D eigenvalue weighted by Gasteiger charge is 2.13. The highest BCUT2D eigenvalue weighted by molar-refractivity contribution is 9.10. The fourth-order valence-electron chi connectivity index (χ4n) is 2.08. The standard InChI is InChI=1S/C12H16BrN/c1-9-7-11(8-10(2)12(9)13)14-5-3-4-6-14/h7-8H,3-6H2,1-2H3. The Labute approximate surface area is 94.2 Å². The number of hydrogen-bond donors (Lipinski definition) is 0. The first kappa shape index (κ1) is 10.0. The van der Waals surface area contributed by atoms with Crippen LogP contribution in [0.2, 0.25) is 0 Å². The van der Waals surface area contributed by atoms with Crippen LogP contribution in [0.1, 0.15) is 24.0 Å². The highest BCUT2D eigenvalue weighted by Crippen LogP contribution is 2.28. The molecule has 0 radical (unpaired) electrons. The van der Waals surface area contributed by atoms with Gasteiger partial charge in [-0.2, -0.15) is 0 Å². The van der Waals surface area contributed by atoms with Gasteiger partial charge in [-0.05, 0) is 49.9 Å². The molecule has 1 aliphatic rings. The van der Waals surface area contributed by atoms with Gasteiger partial charge in [-0.3, -0.25) is 0 Å². The Morgan fingerprint density at radius 3 is 2.07 bits per heavy atom. The van der Waals surface area contributed by atoms with E-state index in [9.17, 15) is 0 Å². The van der Waals surface area contributed by atoms with Crippen molar-refractivity contribution < 1.29 is 0 Å². The predicted octanol–water partition coefficient (Wildman–Crippen LogP) is 3.67. The summed E-state index contributed by atoms with van der Waals surface area (Å²) in [5.41, 5.74) is 4.07. The molecule has 1 heterocycles. The van der Waals surface area contributed by atoms with Crippen molar-refractivity contribution >= 4 is 21.6 Å². The number of nitrogens with zero attached hydrogens (tertiary/aromatic N) is 1. The van der Waals surface area contributed by atoms with Crippen LogP contribution in [0.3, 0.4) is 0 Å². The van der Waals surface area contributed by atoms with E-state index in [1.807, 2.05) is 0 Å². The molecule has 14 heavy (non-hydrogen) atoms. The Bertz CT molecular complexity index is 317. The van der Waals surface area contributed by atoms with Crippen molar-refractivity contribution in [2.75, 3.05) is 18.0 Å². The van der Waals surface area contributed by atoms with Gasteiger partial charge >= 0.3 is 0 Å². The molecule has 0 spiro atoms. The Morgan fingerprint density at radius 1 is 1.07 bits per heavy atom. The number of hydrogen-bond acceptors (Lipinski definition) is 1. The minimum Gasteiger partial charge on any atom is -0.372 e. The summed E-state index contributed by atoms with van der Waals surface area (Å²) in [5.74, 6) is 0. The van der Waals surface area contributed by atoms with Crippen molar-refractivity contribution in [2.45, 2.75) is 26.7 Å². The number of benzene rings is 1. The molecule has 0 N–H and O–H groups in total. The molecule has 1 saturated heterocycles. The lowest BCUT2D eigenvalue weighted by Gasteiger charge is -2.19. The molecule has 0 amide bonds. The fourth-order valence-corrected chi connectivity index (χ4v) is 2.31. The number of halogens is 1. The minimum absolute atomic E-state index is 1.22. The topological polar surface area (TPSA) is 3.24 Å². The molecule has 0 aromatic heterocycles. The van der Waals surface area contributed by atoms with Crippen LogP contribution < -0.4 is 4.90 Å². The van der Waals surface area contributed by atoms with Gasteiger partial charge in [0.25, 0.3) is 0 Å². The average molecular weight is 254 g/mol. The van der Waals surface area contributed by atoms with Crippen LogP contribution in [0.15, 0.2) is 16.6 Å². The van der Waals surface area contributed by atoms with E-state index in [-0.39, 0.29) is 0 Å². The smallest absolute Gasteiger partial charge is 0.0372 e. The van der Waals surface area contributed by atoms with Crippen molar-refractivity contribution in [3.63, 3.8) is 0 Å². The monoisotopic (exact) mass is 253 g/mol. The summed E-state index contributed by atoms with van der Waals surface area (Å²) in [4.78, 5) is 2.48. The van der Waals surface area contributed by atoms with Crippen LogP contribution in [-0.4, -0.2) is 13.1 Å². The molecule has 2 rings (SSSR count). The van der Waals surface area contributed by atoms with E-state index >= 15 is 0 Å². The van der Waals surface area contributed by atoms with Gasteiger partial charge in [0.2, 0.25) is 0 Å². The summed E-state index contributed by atoms with van der Waals surface area (Å²) in [6.07, 6.45) is 2.68. The van der Waals surface area contributed by atoms with Gasteiger partial charge in [0.1, 0.15) is 0 Å². The largest absolute Gasteiger partial charge is 0.372 e. The molecule has 0 atom stereocenters.